The summed E-state index contributed by atoms with van der Waals surface area (Å²) in [5.41, 5.74) is 2.57. The molecule has 8 nitrogen and oxygen atoms in total. The largest absolute Gasteiger partial charge is 0.480 e. The van der Waals surface area contributed by atoms with Crippen LogP contribution in [0.4, 0.5) is 11.4 Å². The van der Waals surface area contributed by atoms with Gasteiger partial charge in [-0.1, -0.05) is 23.8 Å². The van der Waals surface area contributed by atoms with Gasteiger partial charge in [0.15, 0.2) is 0 Å². The molecule has 0 amide bonds. The molecule has 0 aliphatic heterocycles. The van der Waals surface area contributed by atoms with Gasteiger partial charge in [0.1, 0.15) is 11.7 Å². The fourth-order valence-electron chi connectivity index (χ4n) is 2.54. The number of nitrogens with zero attached hydrogens (tertiary/aromatic N) is 1. The van der Waals surface area contributed by atoms with E-state index in [1.165, 1.54) is 23.9 Å². The summed E-state index contributed by atoms with van der Waals surface area (Å²) in [5, 5.41) is 32.3. The third-order valence-electron chi connectivity index (χ3n) is 4.12. The van der Waals surface area contributed by atoms with Crippen molar-refractivity contribution >= 4 is 35.1 Å². The number of carboxylic acids is 2. The molecule has 0 saturated heterocycles. The number of aromatic carboxylic acids is 1. The Morgan fingerprint density at radius 3 is 2.50 bits per heavy atom. The number of aliphatic carboxylic acids is 1. The molecular weight excluding hydrogens is 384 g/mol. The van der Waals surface area contributed by atoms with Gasteiger partial charge in [-0.15, -0.1) is 0 Å². The topological polar surface area (TPSA) is 130 Å². The number of nitrogens with one attached hydrogen (secondary N) is 1. The lowest BCUT2D eigenvalue weighted by atomic mass is 10.1. The van der Waals surface area contributed by atoms with Crippen LogP contribution in [0.1, 0.15) is 27.0 Å². The maximum Gasteiger partial charge on any atom is 0.335 e. The molecule has 0 saturated carbocycles. The number of aryl methyl sites for hydroxylation is 2. The number of nitro groups is 1. The van der Waals surface area contributed by atoms with Crippen molar-refractivity contribution in [1.82, 2.24) is 0 Å². The van der Waals surface area contributed by atoms with Gasteiger partial charge in [0.25, 0.3) is 5.69 Å². The summed E-state index contributed by atoms with van der Waals surface area (Å²) in [4.78, 5) is 33.1. The van der Waals surface area contributed by atoms with Gasteiger partial charge >= 0.3 is 11.9 Å². The zero-order valence-electron chi connectivity index (χ0n) is 15.3. The third kappa shape index (κ3) is 5.46. The summed E-state index contributed by atoms with van der Waals surface area (Å²) < 4.78 is 0. The van der Waals surface area contributed by atoms with Gasteiger partial charge in [-0.3, -0.25) is 10.1 Å². The first-order valence-electron chi connectivity index (χ1n) is 8.34. The van der Waals surface area contributed by atoms with Crippen molar-refractivity contribution < 1.29 is 24.7 Å². The monoisotopic (exact) mass is 404 g/mol. The second kappa shape index (κ2) is 9.23. The molecule has 0 heterocycles. The van der Waals surface area contributed by atoms with Crippen LogP contribution in [0.15, 0.2) is 36.4 Å². The van der Waals surface area contributed by atoms with Gasteiger partial charge < -0.3 is 15.5 Å². The Kier molecular flexibility index (Phi) is 7.00. The predicted molar refractivity (Wildman–Crippen MR) is 107 cm³/mol. The summed E-state index contributed by atoms with van der Waals surface area (Å²) in [6.45, 7) is 3.96. The fourth-order valence-corrected chi connectivity index (χ4v) is 3.65. The molecule has 1 unspecified atom stereocenters. The van der Waals surface area contributed by atoms with E-state index in [2.05, 4.69) is 5.32 Å². The molecule has 2 aromatic rings. The number of carboxylic acid groups (broad SMARTS) is 2. The average molecular weight is 404 g/mol. The summed E-state index contributed by atoms with van der Waals surface area (Å²) in [5.74, 6) is -1.65. The molecule has 0 spiro atoms. The second-order valence-electron chi connectivity index (χ2n) is 6.27. The molecule has 0 aromatic heterocycles. The Morgan fingerprint density at radius 1 is 1.18 bits per heavy atom. The van der Waals surface area contributed by atoms with Crippen LogP contribution in [0, 0.1) is 24.0 Å². The number of benzene rings is 2. The van der Waals surface area contributed by atoms with Crippen molar-refractivity contribution in [2.45, 2.75) is 25.6 Å². The highest BCUT2D eigenvalue weighted by atomic mass is 32.2. The standard InChI is InChI=1S/C19H20N2O6S/c1-11-3-4-12(2)14(7-11)9-28-10-16(19(24)25)20-15-6-5-13(18(22)23)8-17(15)21(26)27/h3-8,16,20H,9-10H2,1-2H3,(H,22,23)(H,24,25). The van der Waals surface area contributed by atoms with Gasteiger partial charge in [0, 0.05) is 17.6 Å². The van der Waals surface area contributed by atoms with E-state index in [0.29, 0.717) is 5.75 Å². The zero-order chi connectivity index (χ0) is 20.8. The fraction of sp³-hybridized carbons (Fsp3) is 0.263. The summed E-state index contributed by atoms with van der Waals surface area (Å²) >= 11 is 1.40. The lowest BCUT2D eigenvalue weighted by Crippen LogP contribution is -2.32. The summed E-state index contributed by atoms with van der Waals surface area (Å²) in [6, 6.07) is 8.31. The first kappa shape index (κ1) is 21.2. The number of nitro benzene ring substituents is 1. The Balaban J connectivity index is 2.12. The number of rotatable bonds is 9. The van der Waals surface area contributed by atoms with Crippen LogP contribution >= 0.6 is 11.8 Å². The van der Waals surface area contributed by atoms with E-state index in [1.807, 2.05) is 32.0 Å². The van der Waals surface area contributed by atoms with Gasteiger partial charge in [-0.05, 0) is 37.1 Å². The lowest BCUT2D eigenvalue weighted by molar-refractivity contribution is -0.384. The first-order valence-corrected chi connectivity index (χ1v) is 9.49. The Labute approximate surface area is 165 Å². The van der Waals surface area contributed by atoms with E-state index in [0.717, 1.165) is 22.8 Å². The van der Waals surface area contributed by atoms with Crippen LogP contribution in [0.2, 0.25) is 0 Å². The van der Waals surface area contributed by atoms with Crippen LogP contribution in [-0.4, -0.2) is 38.9 Å². The van der Waals surface area contributed by atoms with Crippen molar-refractivity contribution in [1.29, 1.82) is 0 Å². The minimum Gasteiger partial charge on any atom is -0.480 e. The van der Waals surface area contributed by atoms with Gasteiger partial charge in [0.05, 0.1) is 10.5 Å². The number of thioether (sulfide) groups is 1. The van der Waals surface area contributed by atoms with Gasteiger partial charge in [0.2, 0.25) is 0 Å². The second-order valence-corrected chi connectivity index (χ2v) is 7.30. The molecule has 0 radical (unpaired) electrons. The van der Waals surface area contributed by atoms with E-state index in [9.17, 15) is 24.8 Å². The highest BCUT2D eigenvalue weighted by Gasteiger charge is 2.23. The molecule has 148 valence electrons. The number of hydrogen-bond acceptors (Lipinski definition) is 6. The zero-order valence-corrected chi connectivity index (χ0v) is 16.2. The Bertz CT molecular complexity index is 915. The normalized spacial score (nSPS) is 11.6. The van der Waals surface area contributed by atoms with E-state index in [1.54, 1.807) is 0 Å². The molecule has 2 rings (SSSR count). The number of carbonyl (C=O) groups is 2. The van der Waals surface area contributed by atoms with Crippen LogP contribution in [-0.2, 0) is 10.5 Å². The molecule has 28 heavy (non-hydrogen) atoms. The van der Waals surface area contributed by atoms with Crippen molar-refractivity contribution in [3.63, 3.8) is 0 Å². The minimum absolute atomic E-state index is 0.0327. The van der Waals surface area contributed by atoms with Crippen LogP contribution in [0.5, 0.6) is 0 Å². The molecule has 0 aliphatic rings. The quantitative estimate of drug-likeness (QED) is 0.426. The molecular formula is C19H20N2O6S. The van der Waals surface area contributed by atoms with Crippen molar-refractivity contribution in [2.24, 2.45) is 0 Å². The molecule has 0 aliphatic carbocycles. The Hall–Kier alpha value is -3.07. The third-order valence-corrected chi connectivity index (χ3v) is 5.20. The van der Waals surface area contributed by atoms with Crippen molar-refractivity contribution in [3.05, 3.63) is 68.8 Å². The van der Waals surface area contributed by atoms with E-state index < -0.39 is 28.6 Å². The highest BCUT2D eigenvalue weighted by Crippen LogP contribution is 2.27. The lowest BCUT2D eigenvalue weighted by Gasteiger charge is -2.16. The molecule has 2 aromatic carbocycles. The van der Waals surface area contributed by atoms with E-state index >= 15 is 0 Å². The van der Waals surface area contributed by atoms with Crippen LogP contribution in [0.3, 0.4) is 0 Å². The molecule has 3 N–H and O–H groups in total. The van der Waals surface area contributed by atoms with E-state index in [-0.39, 0.29) is 17.0 Å². The minimum atomic E-state index is -1.30. The Morgan fingerprint density at radius 2 is 1.89 bits per heavy atom. The van der Waals surface area contributed by atoms with Gasteiger partial charge in [-0.2, -0.15) is 11.8 Å². The van der Waals surface area contributed by atoms with Gasteiger partial charge in [-0.25, -0.2) is 9.59 Å². The maximum atomic E-state index is 11.6. The molecule has 1 atom stereocenters. The van der Waals surface area contributed by atoms with Crippen LogP contribution < -0.4 is 5.32 Å². The summed E-state index contributed by atoms with van der Waals surface area (Å²) in [7, 11) is 0. The maximum absolute atomic E-state index is 11.6. The SMILES string of the molecule is Cc1ccc(C)c(CSCC(Nc2ccc(C(=O)O)cc2[N+](=O)[O-])C(=O)O)c1. The number of anilines is 1. The smallest absolute Gasteiger partial charge is 0.335 e. The average Bonchev–Trinajstić information content (AvgIpc) is 2.63. The van der Waals surface area contributed by atoms with Crippen molar-refractivity contribution in [2.75, 3.05) is 11.1 Å². The van der Waals surface area contributed by atoms with Crippen LogP contribution in [0.25, 0.3) is 0 Å². The number of hydrogen-bond donors (Lipinski definition) is 3. The summed E-state index contributed by atoms with van der Waals surface area (Å²) in [6.07, 6.45) is 0. The predicted octanol–water partition coefficient (Wildman–Crippen LogP) is 3.71. The molecule has 9 heteroatoms. The highest BCUT2D eigenvalue weighted by molar-refractivity contribution is 7.98. The molecule has 0 bridgehead atoms. The first-order chi connectivity index (χ1) is 13.2. The van der Waals surface area contributed by atoms with Crippen molar-refractivity contribution in [3.8, 4) is 0 Å². The molecule has 0 fully saturated rings. The van der Waals surface area contributed by atoms with E-state index in [4.69, 9.17) is 5.11 Å².